The highest BCUT2D eigenvalue weighted by molar-refractivity contribution is 6.35. The van der Waals surface area contributed by atoms with Crippen molar-refractivity contribution >= 4 is 34.1 Å². The first kappa shape index (κ1) is 19.1. The van der Waals surface area contributed by atoms with Gasteiger partial charge >= 0.3 is 0 Å². The van der Waals surface area contributed by atoms with Gasteiger partial charge < -0.3 is 0 Å². The van der Waals surface area contributed by atoms with Crippen molar-refractivity contribution in [3.05, 3.63) is 65.2 Å². The minimum absolute atomic E-state index is 0.266. The summed E-state index contributed by atoms with van der Waals surface area (Å²) in [5, 5.41) is 5.46. The summed E-state index contributed by atoms with van der Waals surface area (Å²) in [4.78, 5) is 17.5. The van der Waals surface area contributed by atoms with E-state index in [2.05, 4.69) is 22.4 Å². The van der Waals surface area contributed by atoms with Crippen molar-refractivity contribution in [1.82, 2.24) is 10.4 Å². The van der Waals surface area contributed by atoms with Gasteiger partial charge in [0.2, 0.25) is 0 Å². The number of amides is 1. The first-order valence-corrected chi connectivity index (χ1v) is 9.46. The Bertz CT molecular complexity index is 984. The highest BCUT2D eigenvalue weighted by atomic mass is 35.5. The zero-order valence-corrected chi connectivity index (χ0v) is 16.3. The molecule has 0 bridgehead atoms. The molecular formula is C22H22ClN3O. The van der Waals surface area contributed by atoms with E-state index in [9.17, 15) is 4.79 Å². The molecule has 1 aromatic heterocycles. The van der Waals surface area contributed by atoms with Crippen LogP contribution in [0.1, 0.15) is 43.5 Å². The van der Waals surface area contributed by atoms with Gasteiger partial charge in [0.25, 0.3) is 5.91 Å². The molecule has 0 spiro atoms. The maximum Gasteiger partial charge on any atom is 0.272 e. The lowest BCUT2D eigenvalue weighted by molar-refractivity contribution is 0.0956. The van der Waals surface area contributed by atoms with Gasteiger partial charge in [-0.25, -0.2) is 10.4 Å². The van der Waals surface area contributed by atoms with Gasteiger partial charge in [0.05, 0.1) is 21.8 Å². The van der Waals surface area contributed by atoms with Gasteiger partial charge in [0.15, 0.2) is 0 Å². The van der Waals surface area contributed by atoms with E-state index in [1.165, 1.54) is 0 Å². The molecule has 0 aliphatic heterocycles. The number of hydrogen-bond donors (Lipinski definition) is 1. The lowest BCUT2D eigenvalue weighted by Gasteiger charge is -2.10. The van der Waals surface area contributed by atoms with Crippen LogP contribution in [-0.2, 0) is 0 Å². The zero-order valence-electron chi connectivity index (χ0n) is 15.5. The molecule has 1 N–H and O–H groups in total. The molecule has 0 fully saturated rings. The Kier molecular flexibility index (Phi) is 6.20. The summed E-state index contributed by atoms with van der Waals surface area (Å²) in [7, 11) is 0. The highest BCUT2D eigenvalue weighted by Gasteiger charge is 2.15. The second-order valence-electron chi connectivity index (χ2n) is 6.45. The number of fused-ring (bicyclic) bond motifs is 1. The number of carbonyl (C=O) groups is 1. The third-order valence-electron chi connectivity index (χ3n) is 4.34. The lowest BCUT2D eigenvalue weighted by Crippen LogP contribution is -2.19. The predicted molar refractivity (Wildman–Crippen MR) is 112 cm³/mol. The average Bonchev–Trinajstić information content (AvgIpc) is 2.70. The number of rotatable bonds is 6. The molecule has 0 radical (unpaired) electrons. The van der Waals surface area contributed by atoms with Crippen LogP contribution in [0.15, 0.2) is 59.7 Å². The third kappa shape index (κ3) is 4.52. The van der Waals surface area contributed by atoms with E-state index < -0.39 is 0 Å². The van der Waals surface area contributed by atoms with E-state index >= 15 is 0 Å². The van der Waals surface area contributed by atoms with Crippen LogP contribution >= 0.6 is 11.6 Å². The molecule has 0 unspecified atom stereocenters. The van der Waals surface area contributed by atoms with Crippen LogP contribution in [0.4, 0.5) is 0 Å². The normalized spacial score (nSPS) is 11.6. The van der Waals surface area contributed by atoms with Gasteiger partial charge in [-0.1, -0.05) is 67.4 Å². The van der Waals surface area contributed by atoms with Crippen molar-refractivity contribution in [2.24, 2.45) is 5.10 Å². The molecule has 3 aromatic rings. The van der Waals surface area contributed by atoms with Gasteiger partial charge in [-0.15, -0.1) is 0 Å². The number of nitrogens with zero attached hydrogens (tertiary/aromatic N) is 2. The van der Waals surface area contributed by atoms with E-state index in [1.807, 2.05) is 49.4 Å². The van der Waals surface area contributed by atoms with Crippen molar-refractivity contribution in [2.45, 2.75) is 33.1 Å². The number of para-hydroxylation sites is 1. The quantitative estimate of drug-likeness (QED) is 0.431. The van der Waals surface area contributed by atoms with Crippen molar-refractivity contribution in [2.75, 3.05) is 0 Å². The molecule has 138 valence electrons. The number of aromatic nitrogens is 1. The van der Waals surface area contributed by atoms with Crippen molar-refractivity contribution in [3.8, 4) is 11.3 Å². The fourth-order valence-corrected chi connectivity index (χ4v) is 3.07. The Balaban J connectivity index is 2.03. The molecular weight excluding hydrogens is 358 g/mol. The Morgan fingerprint density at radius 2 is 1.93 bits per heavy atom. The molecule has 5 heteroatoms. The molecule has 1 heterocycles. The van der Waals surface area contributed by atoms with Crippen LogP contribution in [0.5, 0.6) is 0 Å². The van der Waals surface area contributed by atoms with Crippen LogP contribution in [0.2, 0.25) is 5.02 Å². The molecule has 4 nitrogen and oxygen atoms in total. The molecule has 1 amide bonds. The summed E-state index contributed by atoms with van der Waals surface area (Å²) >= 11 is 6.36. The topological polar surface area (TPSA) is 54.4 Å². The maximum absolute atomic E-state index is 12.8. The molecule has 0 saturated heterocycles. The van der Waals surface area contributed by atoms with E-state index in [0.29, 0.717) is 27.2 Å². The number of halogens is 1. The van der Waals surface area contributed by atoms with Gasteiger partial charge in [-0.2, -0.15) is 5.10 Å². The molecule has 27 heavy (non-hydrogen) atoms. The fraction of sp³-hybridized carbons (Fsp3) is 0.227. The Morgan fingerprint density at radius 3 is 2.67 bits per heavy atom. The number of hydrogen-bond acceptors (Lipinski definition) is 3. The monoisotopic (exact) mass is 379 g/mol. The highest BCUT2D eigenvalue weighted by Crippen LogP contribution is 2.29. The zero-order chi connectivity index (χ0) is 19.2. The van der Waals surface area contributed by atoms with E-state index in [4.69, 9.17) is 11.6 Å². The standard InChI is InChI=1S/C22H22ClN3O/c1-3-4-9-15(2)25-26-22(27)18-14-20(16-10-6-5-7-11-16)24-21-17(18)12-8-13-19(21)23/h5-8,10-14H,3-4,9H2,1-2H3,(H,26,27). The van der Waals surface area contributed by atoms with Crippen molar-refractivity contribution in [1.29, 1.82) is 0 Å². The number of pyridine rings is 1. The number of nitrogens with one attached hydrogen (secondary N) is 1. The predicted octanol–water partition coefficient (Wildman–Crippen LogP) is 5.85. The summed E-state index contributed by atoms with van der Waals surface area (Å²) in [6, 6.07) is 17.0. The summed E-state index contributed by atoms with van der Waals surface area (Å²) in [5.74, 6) is -0.266. The van der Waals surface area contributed by atoms with Crippen LogP contribution in [0.3, 0.4) is 0 Å². The van der Waals surface area contributed by atoms with Crippen molar-refractivity contribution in [3.63, 3.8) is 0 Å². The van der Waals surface area contributed by atoms with Crippen molar-refractivity contribution < 1.29 is 4.79 Å². The molecule has 0 atom stereocenters. The lowest BCUT2D eigenvalue weighted by atomic mass is 10.0. The van der Waals surface area contributed by atoms with Gasteiger partial charge in [0.1, 0.15) is 0 Å². The summed E-state index contributed by atoms with van der Waals surface area (Å²) in [6.45, 7) is 4.05. The Labute approximate surface area is 164 Å². The van der Waals surface area contributed by atoms with Crippen LogP contribution in [0.25, 0.3) is 22.2 Å². The molecule has 3 rings (SSSR count). The van der Waals surface area contributed by atoms with Crippen LogP contribution < -0.4 is 5.43 Å². The summed E-state index contributed by atoms with van der Waals surface area (Å²) < 4.78 is 0. The minimum Gasteiger partial charge on any atom is -0.267 e. The number of hydrazone groups is 1. The SMILES string of the molecule is CCCCC(C)=NNC(=O)c1cc(-c2ccccc2)nc2c(Cl)cccc12. The number of benzene rings is 2. The minimum atomic E-state index is -0.266. The average molecular weight is 380 g/mol. The second-order valence-corrected chi connectivity index (χ2v) is 6.86. The van der Waals surface area contributed by atoms with Crippen LogP contribution in [-0.4, -0.2) is 16.6 Å². The largest absolute Gasteiger partial charge is 0.272 e. The third-order valence-corrected chi connectivity index (χ3v) is 4.65. The Hall–Kier alpha value is -2.72. The molecule has 0 aliphatic carbocycles. The summed E-state index contributed by atoms with van der Waals surface area (Å²) in [6.07, 6.45) is 3.01. The van der Waals surface area contributed by atoms with E-state index in [1.54, 1.807) is 12.1 Å². The van der Waals surface area contributed by atoms with Gasteiger partial charge in [0, 0.05) is 16.7 Å². The van der Waals surface area contributed by atoms with E-state index in [0.717, 1.165) is 30.5 Å². The van der Waals surface area contributed by atoms with Crippen LogP contribution in [0, 0.1) is 0 Å². The van der Waals surface area contributed by atoms with E-state index in [-0.39, 0.29) is 5.91 Å². The molecule has 0 aliphatic rings. The first-order valence-electron chi connectivity index (χ1n) is 9.08. The smallest absolute Gasteiger partial charge is 0.267 e. The number of unbranched alkanes of at least 4 members (excludes halogenated alkanes) is 1. The first-order chi connectivity index (χ1) is 13.1. The molecule has 2 aromatic carbocycles. The summed E-state index contributed by atoms with van der Waals surface area (Å²) in [5.41, 5.74) is 6.33. The maximum atomic E-state index is 12.8. The van der Waals surface area contributed by atoms with Gasteiger partial charge in [-0.3, -0.25) is 4.79 Å². The molecule has 0 saturated carbocycles. The number of carbonyl (C=O) groups excluding carboxylic acids is 1. The fourth-order valence-electron chi connectivity index (χ4n) is 2.85. The van der Waals surface area contributed by atoms with Gasteiger partial charge in [-0.05, 0) is 31.9 Å². The Morgan fingerprint density at radius 1 is 1.15 bits per heavy atom. The second kappa shape index (κ2) is 8.78.